The molecule has 180 valence electrons. The number of alkyl halides is 2. The molecule has 0 aliphatic carbocycles. The molecule has 0 amide bonds. The summed E-state index contributed by atoms with van der Waals surface area (Å²) in [5.41, 5.74) is 8.19. The summed E-state index contributed by atoms with van der Waals surface area (Å²) < 4.78 is 27.1. The lowest BCUT2D eigenvalue weighted by atomic mass is 9.73. The van der Waals surface area contributed by atoms with Gasteiger partial charge in [0.2, 0.25) is 0 Å². The van der Waals surface area contributed by atoms with Gasteiger partial charge in [-0.3, -0.25) is 4.79 Å². The number of anilines is 2. The second-order valence-corrected chi connectivity index (χ2v) is 8.67. The summed E-state index contributed by atoms with van der Waals surface area (Å²) in [7, 11) is 1.55. The third-order valence-corrected chi connectivity index (χ3v) is 5.71. The van der Waals surface area contributed by atoms with E-state index >= 15 is 0 Å². The van der Waals surface area contributed by atoms with Crippen LogP contribution in [0.1, 0.15) is 70.1 Å². The molecule has 0 aliphatic rings. The number of carbonyl (C=O) groups is 1. The molecule has 0 aliphatic heterocycles. The number of hydrazone groups is 1. The van der Waals surface area contributed by atoms with Crippen LogP contribution >= 0.6 is 0 Å². The topological polar surface area (TPSA) is 96.7 Å². The Labute approximate surface area is 195 Å². The largest absolute Gasteiger partial charge is 0.382 e. The molecule has 2 rings (SSSR count). The van der Waals surface area contributed by atoms with Crippen molar-refractivity contribution in [1.29, 1.82) is 0 Å². The number of rotatable bonds is 11. The Morgan fingerprint density at radius 1 is 1.06 bits per heavy atom. The minimum atomic E-state index is -2.91. The first-order chi connectivity index (χ1) is 15.4. The summed E-state index contributed by atoms with van der Waals surface area (Å²) in [6, 6.07) is 11.5. The lowest BCUT2D eigenvalue weighted by molar-refractivity contribution is -0.124. The summed E-state index contributed by atoms with van der Waals surface area (Å²) in [5, 5.41) is 8.46. The number of halogens is 2. The lowest BCUT2D eigenvalue weighted by Crippen LogP contribution is -2.33. The molecule has 8 heteroatoms. The van der Waals surface area contributed by atoms with E-state index in [0.29, 0.717) is 29.8 Å². The van der Waals surface area contributed by atoms with E-state index in [1.165, 1.54) is 12.1 Å². The van der Waals surface area contributed by atoms with Gasteiger partial charge in [-0.2, -0.15) is 0 Å². The molecule has 0 fully saturated rings. The Hall–Kier alpha value is -3.00. The van der Waals surface area contributed by atoms with Crippen LogP contribution in [0, 0.1) is 0 Å². The van der Waals surface area contributed by atoms with Crippen molar-refractivity contribution in [2.75, 3.05) is 12.4 Å². The fraction of sp³-hybridized carbons (Fsp3) is 0.440. The van der Waals surface area contributed by atoms with Crippen molar-refractivity contribution in [3.8, 4) is 0 Å². The van der Waals surface area contributed by atoms with Crippen LogP contribution in [0.4, 0.5) is 20.2 Å². The molecule has 0 heterocycles. The Kier molecular flexibility index (Phi) is 8.55. The van der Waals surface area contributed by atoms with Crippen LogP contribution in [0.15, 0.2) is 47.6 Å². The van der Waals surface area contributed by atoms with E-state index in [1.807, 2.05) is 32.0 Å². The van der Waals surface area contributed by atoms with Gasteiger partial charge in [-0.1, -0.05) is 38.5 Å². The maximum Gasteiger partial charge on any atom is 0.270 e. The molecule has 2 aromatic carbocycles. The maximum atomic E-state index is 13.5. The number of Topliss-reactive ketones (excluding diaryl/α,β-unsaturated/α-hetero) is 1. The van der Waals surface area contributed by atoms with Crippen molar-refractivity contribution < 1.29 is 13.6 Å². The van der Waals surface area contributed by atoms with E-state index < -0.39 is 11.3 Å². The van der Waals surface area contributed by atoms with Crippen molar-refractivity contribution in [3.05, 3.63) is 59.2 Å². The molecule has 0 aromatic heterocycles. The van der Waals surface area contributed by atoms with Gasteiger partial charge in [-0.05, 0) is 49.6 Å². The number of benzene rings is 2. The second-order valence-electron chi connectivity index (χ2n) is 8.67. The number of hydrazine groups is 1. The fourth-order valence-electron chi connectivity index (χ4n) is 3.88. The van der Waals surface area contributed by atoms with Crippen molar-refractivity contribution in [2.45, 2.75) is 64.7 Å². The van der Waals surface area contributed by atoms with Crippen LogP contribution in [0.2, 0.25) is 0 Å². The highest BCUT2D eigenvalue weighted by molar-refractivity contribution is 6.03. The molecule has 0 saturated heterocycles. The Balaban J connectivity index is 2.54. The van der Waals surface area contributed by atoms with Crippen molar-refractivity contribution >= 4 is 23.0 Å². The number of ketones is 1. The highest BCUT2D eigenvalue weighted by Gasteiger charge is 2.34. The van der Waals surface area contributed by atoms with E-state index in [2.05, 4.69) is 17.3 Å². The lowest BCUT2D eigenvalue weighted by Gasteiger charge is -2.29. The summed E-state index contributed by atoms with van der Waals surface area (Å²) in [6.07, 6.45) is 2.83. The predicted octanol–water partition coefficient (Wildman–Crippen LogP) is 5.39. The number of hydrogen-bond donors (Lipinski definition) is 3. The summed E-state index contributed by atoms with van der Waals surface area (Å²) in [5.74, 6) is 3.11. The summed E-state index contributed by atoms with van der Waals surface area (Å²) in [4.78, 5) is 13.0. The van der Waals surface area contributed by atoms with Gasteiger partial charge in [0.1, 0.15) is 5.78 Å². The molecule has 5 N–H and O–H groups in total. The zero-order chi connectivity index (χ0) is 24.8. The first kappa shape index (κ1) is 26.3. The Morgan fingerprint density at radius 3 is 2.18 bits per heavy atom. The van der Waals surface area contributed by atoms with Crippen molar-refractivity contribution in [1.82, 2.24) is 5.12 Å². The average molecular weight is 460 g/mol. The molecule has 0 saturated carbocycles. The van der Waals surface area contributed by atoms with Crippen LogP contribution in [0.5, 0.6) is 0 Å². The number of carbonyl (C=O) groups excluding carboxylic acids is 1. The third kappa shape index (κ3) is 6.51. The van der Waals surface area contributed by atoms with E-state index in [9.17, 15) is 13.6 Å². The standard InChI is InChI=1S/C25H35F2N5O/c1-6-8-22(33)24(3,15-7-2)18-11-14-21(20(16-18)23(28)31-32(5)29)30-19-12-9-17(10-13-19)25(4,26)27/h9-14,16,30H,6-8,15,29H2,1-5H3,(H2,28,31). The molecule has 1 atom stereocenters. The summed E-state index contributed by atoms with van der Waals surface area (Å²) in [6.45, 7) is 6.87. The van der Waals surface area contributed by atoms with Crippen LogP contribution in [-0.2, 0) is 16.1 Å². The SMILES string of the molecule is CCCC(=O)C(C)(CCC)c1ccc(Nc2ccc(C(C)(F)F)cc2)c(/C(N)=N/N(C)N)c1. The molecule has 0 bridgehead atoms. The van der Waals surface area contributed by atoms with Crippen molar-refractivity contribution in [2.24, 2.45) is 16.7 Å². The minimum Gasteiger partial charge on any atom is -0.382 e. The van der Waals surface area contributed by atoms with Gasteiger partial charge in [-0.15, -0.1) is 5.10 Å². The molecule has 2 aromatic rings. The zero-order valence-corrected chi connectivity index (χ0v) is 20.1. The number of nitrogens with two attached hydrogens (primary N) is 2. The molecular weight excluding hydrogens is 424 g/mol. The molecular formula is C25H35F2N5O. The first-order valence-corrected chi connectivity index (χ1v) is 11.2. The summed E-state index contributed by atoms with van der Waals surface area (Å²) >= 11 is 0. The maximum absolute atomic E-state index is 13.5. The third-order valence-electron chi connectivity index (χ3n) is 5.71. The monoisotopic (exact) mass is 459 g/mol. The quantitative estimate of drug-likeness (QED) is 0.181. The van der Waals surface area contributed by atoms with Crippen LogP contribution < -0.4 is 16.9 Å². The smallest absolute Gasteiger partial charge is 0.270 e. The van der Waals surface area contributed by atoms with Crippen molar-refractivity contribution in [3.63, 3.8) is 0 Å². The van der Waals surface area contributed by atoms with Crippen LogP contribution in [0.25, 0.3) is 0 Å². The van der Waals surface area contributed by atoms with E-state index in [4.69, 9.17) is 11.6 Å². The second kappa shape index (κ2) is 10.7. The molecule has 1 unspecified atom stereocenters. The van der Waals surface area contributed by atoms with Gasteiger partial charge in [-0.25, -0.2) is 19.7 Å². The number of nitrogens with zero attached hydrogens (tertiary/aromatic N) is 2. The number of hydrogen-bond acceptors (Lipinski definition) is 5. The Bertz CT molecular complexity index is 983. The van der Waals surface area contributed by atoms with Gasteiger partial charge < -0.3 is 11.1 Å². The van der Waals surface area contributed by atoms with Gasteiger partial charge in [0, 0.05) is 42.9 Å². The normalized spacial score (nSPS) is 14.0. The fourth-order valence-corrected chi connectivity index (χ4v) is 3.88. The van der Waals surface area contributed by atoms with Crippen LogP contribution in [0.3, 0.4) is 0 Å². The minimum absolute atomic E-state index is 0.0702. The van der Waals surface area contributed by atoms with E-state index in [1.54, 1.807) is 19.2 Å². The zero-order valence-electron chi connectivity index (χ0n) is 20.1. The molecule has 0 radical (unpaired) electrons. The van der Waals surface area contributed by atoms with Crippen LogP contribution in [-0.4, -0.2) is 23.8 Å². The van der Waals surface area contributed by atoms with Gasteiger partial charge in [0.05, 0.1) is 5.41 Å². The highest BCUT2D eigenvalue weighted by Crippen LogP contribution is 2.35. The van der Waals surface area contributed by atoms with E-state index in [-0.39, 0.29) is 17.2 Å². The number of amidine groups is 1. The van der Waals surface area contributed by atoms with Gasteiger partial charge in [0.25, 0.3) is 5.92 Å². The average Bonchev–Trinajstić information content (AvgIpc) is 2.73. The number of nitrogens with one attached hydrogen (secondary N) is 1. The molecule has 6 nitrogen and oxygen atoms in total. The Morgan fingerprint density at radius 2 is 1.67 bits per heavy atom. The first-order valence-electron chi connectivity index (χ1n) is 11.2. The van der Waals surface area contributed by atoms with Gasteiger partial charge in [0.15, 0.2) is 5.84 Å². The van der Waals surface area contributed by atoms with Gasteiger partial charge >= 0.3 is 0 Å². The highest BCUT2D eigenvalue weighted by atomic mass is 19.3. The molecule has 0 spiro atoms. The van der Waals surface area contributed by atoms with E-state index in [0.717, 1.165) is 30.4 Å². The predicted molar refractivity (Wildman–Crippen MR) is 131 cm³/mol. The molecule has 33 heavy (non-hydrogen) atoms.